The summed E-state index contributed by atoms with van der Waals surface area (Å²) >= 11 is 6.03. The van der Waals surface area contributed by atoms with E-state index >= 15 is 0 Å². The van der Waals surface area contributed by atoms with Gasteiger partial charge in [0.15, 0.2) is 0 Å². The predicted molar refractivity (Wildman–Crippen MR) is 87.9 cm³/mol. The van der Waals surface area contributed by atoms with Crippen LogP contribution >= 0.6 is 11.6 Å². The third-order valence-electron chi connectivity index (χ3n) is 3.82. The summed E-state index contributed by atoms with van der Waals surface area (Å²) in [6.45, 7) is 0. The Bertz CT molecular complexity index is 872. The molecule has 0 unspecified atom stereocenters. The van der Waals surface area contributed by atoms with E-state index in [4.69, 9.17) is 11.6 Å². The standard InChI is InChI=1S/C16H12ClN3O5/c17-13-14(9-4-3-5-10(8-9)20(24)25)19(16(13)23)18-15(22)11-6-1-2-7-12(11)21/h1-8,13-14,21H,(H,18,22)/t13-,14+/m0/s1. The lowest BCUT2D eigenvalue weighted by Crippen LogP contribution is -2.63. The second kappa shape index (κ2) is 6.40. The molecule has 2 atom stereocenters. The van der Waals surface area contributed by atoms with E-state index in [9.17, 15) is 24.8 Å². The van der Waals surface area contributed by atoms with Gasteiger partial charge < -0.3 is 5.11 Å². The third-order valence-corrected chi connectivity index (χ3v) is 4.25. The van der Waals surface area contributed by atoms with Crippen molar-refractivity contribution in [3.05, 3.63) is 69.8 Å². The number of carbonyl (C=O) groups is 2. The van der Waals surface area contributed by atoms with Crippen molar-refractivity contribution in [1.29, 1.82) is 0 Å². The summed E-state index contributed by atoms with van der Waals surface area (Å²) in [6.07, 6.45) is 0. The molecule has 0 aliphatic carbocycles. The lowest BCUT2D eigenvalue weighted by atomic mass is 9.95. The van der Waals surface area contributed by atoms with Gasteiger partial charge in [-0.3, -0.25) is 25.1 Å². The molecule has 8 nitrogen and oxygen atoms in total. The Hall–Kier alpha value is -3.13. The minimum atomic E-state index is -0.952. The van der Waals surface area contributed by atoms with Crippen molar-refractivity contribution >= 4 is 29.1 Å². The van der Waals surface area contributed by atoms with Gasteiger partial charge in [-0.1, -0.05) is 24.3 Å². The average molecular weight is 362 g/mol. The molecule has 0 saturated carbocycles. The quantitative estimate of drug-likeness (QED) is 0.375. The molecule has 0 bridgehead atoms. The Morgan fingerprint density at radius 2 is 1.96 bits per heavy atom. The molecule has 2 aromatic rings. The van der Waals surface area contributed by atoms with Crippen molar-refractivity contribution in [3.63, 3.8) is 0 Å². The van der Waals surface area contributed by atoms with E-state index < -0.39 is 28.2 Å². The smallest absolute Gasteiger partial charge is 0.273 e. The normalized spacial score (nSPS) is 19.2. The van der Waals surface area contributed by atoms with Crippen LogP contribution in [-0.4, -0.2) is 32.2 Å². The molecule has 1 saturated heterocycles. The topological polar surface area (TPSA) is 113 Å². The Labute approximate surface area is 146 Å². The number of phenols is 1. The monoisotopic (exact) mass is 361 g/mol. The number of phenolic OH excluding ortho intramolecular Hbond substituents is 1. The molecule has 1 fully saturated rings. The van der Waals surface area contributed by atoms with Crippen LogP contribution in [0.15, 0.2) is 48.5 Å². The maximum Gasteiger partial charge on any atom is 0.273 e. The van der Waals surface area contributed by atoms with Crippen LogP contribution in [0.4, 0.5) is 5.69 Å². The number of alkyl halides is 1. The van der Waals surface area contributed by atoms with Crippen LogP contribution in [0, 0.1) is 10.1 Å². The van der Waals surface area contributed by atoms with Gasteiger partial charge in [-0.15, -0.1) is 11.6 Å². The second-order valence-corrected chi connectivity index (χ2v) is 5.84. The van der Waals surface area contributed by atoms with Gasteiger partial charge in [0.1, 0.15) is 17.2 Å². The molecule has 0 spiro atoms. The number of hydrogen-bond acceptors (Lipinski definition) is 5. The van der Waals surface area contributed by atoms with Crippen molar-refractivity contribution in [2.24, 2.45) is 0 Å². The van der Waals surface area contributed by atoms with E-state index in [0.717, 1.165) is 5.01 Å². The maximum atomic E-state index is 12.3. The van der Waals surface area contributed by atoms with Crippen LogP contribution in [0.2, 0.25) is 0 Å². The van der Waals surface area contributed by atoms with E-state index in [1.807, 2.05) is 0 Å². The minimum Gasteiger partial charge on any atom is -0.507 e. The lowest BCUT2D eigenvalue weighted by molar-refractivity contribution is -0.385. The molecule has 25 heavy (non-hydrogen) atoms. The number of halogens is 1. The van der Waals surface area contributed by atoms with E-state index in [0.29, 0.717) is 5.56 Å². The summed E-state index contributed by atoms with van der Waals surface area (Å²) < 4.78 is 0. The molecule has 1 aliphatic rings. The van der Waals surface area contributed by atoms with Crippen molar-refractivity contribution in [2.45, 2.75) is 11.4 Å². The molecule has 2 N–H and O–H groups in total. The number of carbonyl (C=O) groups excluding carboxylic acids is 2. The number of nitro benzene ring substituents is 1. The van der Waals surface area contributed by atoms with E-state index in [1.165, 1.54) is 30.3 Å². The average Bonchev–Trinajstić information content (AvgIpc) is 2.61. The molecule has 1 aliphatic heterocycles. The zero-order valence-corrected chi connectivity index (χ0v) is 13.4. The minimum absolute atomic E-state index is 0.00823. The highest BCUT2D eigenvalue weighted by atomic mass is 35.5. The van der Waals surface area contributed by atoms with Gasteiger partial charge in [-0.2, -0.15) is 0 Å². The van der Waals surface area contributed by atoms with Crippen LogP contribution in [0.5, 0.6) is 5.75 Å². The highest BCUT2D eigenvalue weighted by Gasteiger charge is 2.48. The molecule has 0 aromatic heterocycles. The third kappa shape index (κ3) is 2.99. The van der Waals surface area contributed by atoms with E-state index in [1.54, 1.807) is 18.2 Å². The maximum absolute atomic E-state index is 12.3. The Morgan fingerprint density at radius 1 is 1.24 bits per heavy atom. The Morgan fingerprint density at radius 3 is 2.64 bits per heavy atom. The fourth-order valence-corrected chi connectivity index (χ4v) is 2.92. The number of nitrogens with one attached hydrogen (secondary N) is 1. The number of nitrogens with zero attached hydrogens (tertiary/aromatic N) is 2. The number of aromatic hydroxyl groups is 1. The van der Waals surface area contributed by atoms with Crippen LogP contribution in [0.3, 0.4) is 0 Å². The first kappa shape index (κ1) is 16.7. The molecule has 3 rings (SSSR count). The van der Waals surface area contributed by atoms with Crippen LogP contribution in [-0.2, 0) is 4.79 Å². The number of nitro groups is 1. The number of rotatable bonds is 4. The first-order chi connectivity index (χ1) is 11.9. The summed E-state index contributed by atoms with van der Waals surface area (Å²) in [4.78, 5) is 34.6. The van der Waals surface area contributed by atoms with Crippen LogP contribution in [0.25, 0.3) is 0 Å². The zero-order chi connectivity index (χ0) is 18.1. The highest BCUT2D eigenvalue weighted by Crippen LogP contribution is 2.38. The van der Waals surface area contributed by atoms with Crippen LogP contribution < -0.4 is 5.43 Å². The van der Waals surface area contributed by atoms with E-state index in [-0.39, 0.29) is 17.0 Å². The summed E-state index contributed by atoms with van der Waals surface area (Å²) in [5.41, 5.74) is 2.65. The number of hydrazine groups is 1. The molecule has 0 radical (unpaired) electrons. The number of benzene rings is 2. The van der Waals surface area contributed by atoms with Crippen molar-refractivity contribution in [2.75, 3.05) is 0 Å². The number of para-hydroxylation sites is 1. The largest absolute Gasteiger partial charge is 0.507 e. The lowest BCUT2D eigenvalue weighted by Gasteiger charge is -2.43. The summed E-state index contributed by atoms with van der Waals surface area (Å²) in [6, 6.07) is 10.8. The summed E-state index contributed by atoms with van der Waals surface area (Å²) in [7, 11) is 0. The molecule has 128 valence electrons. The zero-order valence-electron chi connectivity index (χ0n) is 12.6. The number of β-lactam (4-membered cyclic amide) rings is 1. The summed E-state index contributed by atoms with van der Waals surface area (Å²) in [5, 5.41) is 20.7. The molecule has 1 heterocycles. The van der Waals surface area contributed by atoms with Gasteiger partial charge in [0, 0.05) is 12.1 Å². The fourth-order valence-electron chi connectivity index (χ4n) is 2.55. The van der Waals surface area contributed by atoms with Crippen molar-refractivity contribution < 1.29 is 19.6 Å². The first-order valence-electron chi connectivity index (χ1n) is 7.20. The van der Waals surface area contributed by atoms with Crippen molar-refractivity contribution in [3.8, 4) is 5.75 Å². The summed E-state index contributed by atoms with van der Waals surface area (Å²) in [5.74, 6) is -1.46. The van der Waals surface area contributed by atoms with Crippen LogP contribution in [0.1, 0.15) is 22.0 Å². The SMILES string of the molecule is O=C(NN1C(=O)[C@@H](Cl)[C@H]1c1cccc([N+](=O)[O-])c1)c1ccccc1O. The van der Waals surface area contributed by atoms with Gasteiger partial charge in [0.2, 0.25) is 0 Å². The highest BCUT2D eigenvalue weighted by molar-refractivity contribution is 6.33. The van der Waals surface area contributed by atoms with Gasteiger partial charge in [0.05, 0.1) is 10.5 Å². The molecular formula is C16H12ClN3O5. The fraction of sp³-hybridized carbons (Fsp3) is 0.125. The number of hydrogen-bond donors (Lipinski definition) is 2. The number of amides is 2. The number of non-ortho nitro benzene ring substituents is 1. The van der Waals surface area contributed by atoms with Gasteiger partial charge in [0.25, 0.3) is 17.5 Å². The second-order valence-electron chi connectivity index (χ2n) is 5.37. The first-order valence-corrected chi connectivity index (χ1v) is 7.64. The molecular weight excluding hydrogens is 350 g/mol. The molecule has 9 heteroatoms. The van der Waals surface area contributed by atoms with Gasteiger partial charge >= 0.3 is 0 Å². The van der Waals surface area contributed by atoms with Gasteiger partial charge in [-0.25, -0.2) is 5.01 Å². The Balaban J connectivity index is 1.85. The predicted octanol–water partition coefficient (Wildman–Crippen LogP) is 2.14. The van der Waals surface area contributed by atoms with Crippen molar-refractivity contribution in [1.82, 2.24) is 10.4 Å². The van der Waals surface area contributed by atoms with Gasteiger partial charge in [-0.05, 0) is 17.7 Å². The molecule has 2 aromatic carbocycles. The van der Waals surface area contributed by atoms with E-state index in [2.05, 4.69) is 5.43 Å². The molecule has 2 amide bonds. The Kier molecular flexibility index (Phi) is 4.28.